The van der Waals surface area contributed by atoms with Crippen LogP contribution in [0.4, 0.5) is 0 Å². The minimum Gasteiger partial charge on any atom is -0.508 e. The van der Waals surface area contributed by atoms with Crippen LogP contribution in [-0.2, 0) is 11.2 Å². The van der Waals surface area contributed by atoms with Crippen molar-refractivity contribution in [2.45, 2.75) is 71.3 Å². The van der Waals surface area contributed by atoms with E-state index >= 15 is 0 Å². The number of unbranched alkanes of at least 4 members (excludes halogenated alkanes) is 6. The van der Waals surface area contributed by atoms with Crippen LogP contribution in [0, 0.1) is 0 Å². The fourth-order valence-corrected chi connectivity index (χ4v) is 3.10. The Bertz CT molecular complexity index is 406. The smallest absolute Gasteiger partial charge is 0.119 e. The van der Waals surface area contributed by atoms with Gasteiger partial charge in [-0.2, -0.15) is 0 Å². The topological polar surface area (TPSA) is 29.5 Å². The van der Waals surface area contributed by atoms with E-state index in [4.69, 9.17) is 16.3 Å². The molecule has 0 saturated carbocycles. The molecule has 3 heteroatoms. The number of rotatable bonds is 12. The van der Waals surface area contributed by atoms with Crippen molar-refractivity contribution in [3.05, 3.63) is 29.3 Å². The quantitative estimate of drug-likeness (QED) is 0.377. The van der Waals surface area contributed by atoms with Gasteiger partial charge in [0.2, 0.25) is 0 Å². The van der Waals surface area contributed by atoms with Crippen LogP contribution in [0.2, 0.25) is 0 Å². The van der Waals surface area contributed by atoms with Gasteiger partial charge in [0.05, 0.1) is 12.0 Å². The monoisotopic (exact) mass is 326 g/mol. The summed E-state index contributed by atoms with van der Waals surface area (Å²) >= 11 is 6.03. The second kappa shape index (κ2) is 11.8. The van der Waals surface area contributed by atoms with Crippen LogP contribution in [0.5, 0.6) is 5.75 Å². The van der Waals surface area contributed by atoms with Gasteiger partial charge in [0.15, 0.2) is 0 Å². The van der Waals surface area contributed by atoms with Crippen LogP contribution >= 0.6 is 11.6 Å². The third kappa shape index (κ3) is 6.58. The second-order valence-corrected chi connectivity index (χ2v) is 6.12. The third-order valence-corrected chi connectivity index (χ3v) is 4.35. The Morgan fingerprint density at radius 3 is 2.36 bits per heavy atom. The van der Waals surface area contributed by atoms with Gasteiger partial charge < -0.3 is 9.84 Å². The Morgan fingerprint density at radius 2 is 1.73 bits per heavy atom. The highest BCUT2D eigenvalue weighted by Crippen LogP contribution is 2.30. The molecule has 0 saturated heterocycles. The maximum atomic E-state index is 10.2. The minimum absolute atomic E-state index is 0.127. The summed E-state index contributed by atoms with van der Waals surface area (Å²) in [6.07, 6.45) is 9.69. The number of aromatic hydroxyl groups is 1. The molecule has 1 unspecified atom stereocenters. The maximum absolute atomic E-state index is 10.2. The molecule has 0 aromatic heterocycles. The van der Waals surface area contributed by atoms with Crippen molar-refractivity contribution in [2.24, 2.45) is 0 Å². The zero-order valence-electron chi connectivity index (χ0n) is 14.1. The van der Waals surface area contributed by atoms with Crippen LogP contribution < -0.4 is 0 Å². The molecule has 0 bridgehead atoms. The zero-order chi connectivity index (χ0) is 16.2. The second-order valence-electron chi connectivity index (χ2n) is 5.81. The van der Waals surface area contributed by atoms with Gasteiger partial charge in [-0.25, -0.2) is 0 Å². The predicted octanol–water partition coefficient (Wildman–Crippen LogP) is 6.00. The van der Waals surface area contributed by atoms with E-state index in [0.29, 0.717) is 18.2 Å². The highest BCUT2D eigenvalue weighted by atomic mass is 35.5. The first-order valence-corrected chi connectivity index (χ1v) is 9.26. The van der Waals surface area contributed by atoms with Gasteiger partial charge in [0.1, 0.15) is 5.75 Å². The van der Waals surface area contributed by atoms with E-state index in [1.807, 2.05) is 19.1 Å². The molecular formula is C19H31ClO2. The summed E-state index contributed by atoms with van der Waals surface area (Å²) in [5, 5.41) is 10.2. The predicted molar refractivity (Wildman–Crippen MR) is 94.9 cm³/mol. The van der Waals surface area contributed by atoms with Gasteiger partial charge in [-0.3, -0.25) is 0 Å². The molecular weight excluding hydrogens is 296 g/mol. The lowest BCUT2D eigenvalue weighted by Crippen LogP contribution is -2.09. The minimum atomic E-state index is -0.127. The molecule has 1 atom stereocenters. The molecule has 1 rings (SSSR count). The van der Waals surface area contributed by atoms with Gasteiger partial charge in [-0.1, -0.05) is 57.6 Å². The molecule has 0 radical (unpaired) electrons. The lowest BCUT2D eigenvalue weighted by Gasteiger charge is -2.19. The molecule has 0 aliphatic heterocycles. The molecule has 0 aliphatic rings. The summed E-state index contributed by atoms with van der Waals surface area (Å²) in [4.78, 5) is 0. The van der Waals surface area contributed by atoms with Crippen molar-refractivity contribution in [1.29, 1.82) is 0 Å². The summed E-state index contributed by atoms with van der Waals surface area (Å²) in [6.45, 7) is 4.84. The number of benzene rings is 1. The Morgan fingerprint density at radius 1 is 1.05 bits per heavy atom. The van der Waals surface area contributed by atoms with E-state index in [-0.39, 0.29) is 6.10 Å². The average Bonchev–Trinajstić information content (AvgIpc) is 2.53. The highest BCUT2D eigenvalue weighted by Gasteiger charge is 2.16. The molecule has 0 spiro atoms. The number of phenolic OH excluding ortho intramolecular Hbond substituents is 1. The van der Waals surface area contributed by atoms with Crippen molar-refractivity contribution in [3.8, 4) is 5.75 Å². The first kappa shape index (κ1) is 19.3. The fourth-order valence-electron chi connectivity index (χ4n) is 2.84. The molecule has 1 aromatic carbocycles. The van der Waals surface area contributed by atoms with Gasteiger partial charge in [-0.05, 0) is 37.0 Å². The zero-order valence-corrected chi connectivity index (χ0v) is 14.9. The van der Waals surface area contributed by atoms with E-state index in [1.54, 1.807) is 6.07 Å². The van der Waals surface area contributed by atoms with E-state index in [9.17, 15) is 5.11 Å². The molecule has 2 nitrogen and oxygen atoms in total. The Hall–Kier alpha value is -0.730. The summed E-state index contributed by atoms with van der Waals surface area (Å²) < 4.78 is 5.70. The number of halogens is 1. The molecule has 1 aromatic rings. The average molecular weight is 327 g/mol. The van der Waals surface area contributed by atoms with E-state index in [1.165, 1.54) is 38.5 Å². The van der Waals surface area contributed by atoms with Gasteiger partial charge in [-0.15, -0.1) is 11.6 Å². The first-order valence-electron chi connectivity index (χ1n) is 8.72. The molecule has 22 heavy (non-hydrogen) atoms. The van der Waals surface area contributed by atoms with Crippen molar-refractivity contribution >= 4 is 11.6 Å². The van der Waals surface area contributed by atoms with Crippen LogP contribution in [0.15, 0.2) is 18.2 Å². The van der Waals surface area contributed by atoms with Gasteiger partial charge in [0, 0.05) is 6.61 Å². The van der Waals surface area contributed by atoms with Crippen molar-refractivity contribution in [1.82, 2.24) is 0 Å². The molecule has 0 aliphatic carbocycles. The SMILES string of the molecule is CCCCCCCCCc1c(O)cccc1C(CCl)OCC. The summed E-state index contributed by atoms with van der Waals surface area (Å²) in [5.74, 6) is 0.791. The Balaban J connectivity index is 2.54. The largest absolute Gasteiger partial charge is 0.508 e. The van der Waals surface area contributed by atoms with Crippen molar-refractivity contribution < 1.29 is 9.84 Å². The normalized spacial score (nSPS) is 12.5. The number of hydrogen-bond acceptors (Lipinski definition) is 2. The molecule has 0 fully saturated rings. The van der Waals surface area contributed by atoms with Gasteiger partial charge >= 0.3 is 0 Å². The summed E-state index contributed by atoms with van der Waals surface area (Å²) in [6, 6.07) is 5.66. The molecule has 0 heterocycles. The summed E-state index contributed by atoms with van der Waals surface area (Å²) in [7, 11) is 0. The molecule has 126 valence electrons. The van der Waals surface area contributed by atoms with E-state index in [0.717, 1.165) is 24.0 Å². The first-order chi connectivity index (χ1) is 10.7. The number of alkyl halides is 1. The van der Waals surface area contributed by atoms with E-state index in [2.05, 4.69) is 6.92 Å². The van der Waals surface area contributed by atoms with Crippen molar-refractivity contribution in [3.63, 3.8) is 0 Å². The van der Waals surface area contributed by atoms with Crippen molar-refractivity contribution in [2.75, 3.05) is 12.5 Å². The Kier molecular flexibility index (Phi) is 10.3. The molecule has 0 amide bonds. The Labute approximate surface area is 140 Å². The third-order valence-electron chi connectivity index (χ3n) is 4.07. The lowest BCUT2D eigenvalue weighted by atomic mass is 9.96. The highest BCUT2D eigenvalue weighted by molar-refractivity contribution is 6.18. The van der Waals surface area contributed by atoms with Crippen LogP contribution in [-0.4, -0.2) is 17.6 Å². The number of phenols is 1. The molecule has 1 N–H and O–H groups in total. The van der Waals surface area contributed by atoms with E-state index < -0.39 is 0 Å². The number of ether oxygens (including phenoxy) is 1. The lowest BCUT2D eigenvalue weighted by molar-refractivity contribution is 0.0780. The van der Waals surface area contributed by atoms with Gasteiger partial charge in [0.25, 0.3) is 0 Å². The van der Waals surface area contributed by atoms with Crippen LogP contribution in [0.3, 0.4) is 0 Å². The fraction of sp³-hybridized carbons (Fsp3) is 0.684. The van der Waals surface area contributed by atoms with Crippen LogP contribution in [0.25, 0.3) is 0 Å². The summed E-state index contributed by atoms with van der Waals surface area (Å²) in [5.41, 5.74) is 2.05. The number of hydrogen-bond donors (Lipinski definition) is 1. The van der Waals surface area contributed by atoms with Crippen LogP contribution in [0.1, 0.15) is 76.0 Å². The standard InChI is InChI=1S/C19H31ClO2/c1-3-5-6-7-8-9-10-12-16-17(13-11-14-18(16)21)19(15-20)22-4-2/h11,13-14,19,21H,3-10,12,15H2,1-2H3. The maximum Gasteiger partial charge on any atom is 0.119 e.